The number of carbonyl (C=O) groups excluding carboxylic acids is 1. The summed E-state index contributed by atoms with van der Waals surface area (Å²) in [5.74, 6) is -0.539. The van der Waals surface area contributed by atoms with E-state index in [0.717, 1.165) is 0 Å². The number of aryl methyl sites for hydroxylation is 1. The maximum Gasteiger partial charge on any atom is 0.174 e. The number of nitrogens with zero attached hydrogens (tertiary/aromatic N) is 5. The average Bonchev–Trinajstić information content (AvgIpc) is 3.19. The van der Waals surface area contributed by atoms with Crippen molar-refractivity contribution in [1.29, 1.82) is 0 Å². The summed E-state index contributed by atoms with van der Waals surface area (Å²) in [5, 5.41) is 8.46. The fraction of sp³-hybridized carbons (Fsp3) is 0.111. The fourth-order valence-corrected chi connectivity index (χ4v) is 2.79. The van der Waals surface area contributed by atoms with Crippen LogP contribution in [0, 0.1) is 12.7 Å². The predicted molar refractivity (Wildman–Crippen MR) is 89.3 cm³/mol. The van der Waals surface area contributed by atoms with Gasteiger partial charge in [0.05, 0.1) is 29.6 Å². The van der Waals surface area contributed by atoms with E-state index in [1.54, 1.807) is 47.2 Å². The van der Waals surface area contributed by atoms with Crippen molar-refractivity contribution >= 4 is 11.4 Å². The van der Waals surface area contributed by atoms with Crippen molar-refractivity contribution in [3.8, 4) is 5.69 Å². The number of aromatic nitrogens is 5. The van der Waals surface area contributed by atoms with Gasteiger partial charge >= 0.3 is 0 Å². The first-order chi connectivity index (χ1) is 12.1. The number of benzene rings is 1. The molecule has 0 aliphatic carbocycles. The Bertz CT molecular complexity index is 1080. The summed E-state index contributed by atoms with van der Waals surface area (Å²) in [6.07, 6.45) is 4.92. The van der Waals surface area contributed by atoms with Gasteiger partial charge in [0.15, 0.2) is 11.4 Å². The highest BCUT2D eigenvalue weighted by atomic mass is 19.1. The lowest BCUT2D eigenvalue weighted by atomic mass is 10.1. The smallest absolute Gasteiger partial charge is 0.174 e. The van der Waals surface area contributed by atoms with Gasteiger partial charge in [-0.1, -0.05) is 12.1 Å². The van der Waals surface area contributed by atoms with Crippen LogP contribution >= 0.6 is 0 Å². The highest BCUT2D eigenvalue weighted by Crippen LogP contribution is 2.18. The fourth-order valence-electron chi connectivity index (χ4n) is 2.79. The third-order valence-corrected chi connectivity index (χ3v) is 3.91. The molecule has 0 saturated carbocycles. The molecule has 0 radical (unpaired) electrons. The van der Waals surface area contributed by atoms with Gasteiger partial charge < -0.3 is 0 Å². The highest BCUT2D eigenvalue weighted by Gasteiger charge is 2.18. The number of hydrogen-bond acceptors (Lipinski definition) is 4. The van der Waals surface area contributed by atoms with Crippen LogP contribution in [0.5, 0.6) is 0 Å². The third-order valence-electron chi connectivity index (χ3n) is 3.91. The van der Waals surface area contributed by atoms with E-state index in [0.29, 0.717) is 28.3 Å². The zero-order valence-electron chi connectivity index (χ0n) is 13.4. The van der Waals surface area contributed by atoms with E-state index in [4.69, 9.17) is 0 Å². The second-order valence-corrected chi connectivity index (χ2v) is 5.69. The minimum atomic E-state index is -0.392. The molecule has 4 rings (SSSR count). The van der Waals surface area contributed by atoms with Crippen molar-refractivity contribution in [3.63, 3.8) is 0 Å². The summed E-state index contributed by atoms with van der Waals surface area (Å²) in [6.45, 7) is 1.81. The number of Topliss-reactive ketones (excluding diaryl/α,β-unsaturated/α-hetero) is 1. The number of hydrogen-bond donors (Lipinski definition) is 0. The molecule has 0 N–H and O–H groups in total. The van der Waals surface area contributed by atoms with Gasteiger partial charge in [0, 0.05) is 12.4 Å². The van der Waals surface area contributed by atoms with Gasteiger partial charge in [0.25, 0.3) is 0 Å². The Morgan fingerprint density at radius 3 is 2.92 bits per heavy atom. The molecule has 3 heterocycles. The minimum Gasteiger partial charge on any atom is -0.294 e. The number of halogens is 1. The quantitative estimate of drug-likeness (QED) is 0.538. The topological polar surface area (TPSA) is 65.1 Å². The normalized spacial score (nSPS) is 11.1. The van der Waals surface area contributed by atoms with Crippen LogP contribution < -0.4 is 0 Å². The summed E-state index contributed by atoms with van der Waals surface area (Å²) < 4.78 is 17.1. The number of carbonyl (C=O) groups is 1. The minimum absolute atomic E-state index is 0.0765. The second kappa shape index (κ2) is 5.94. The van der Waals surface area contributed by atoms with Crippen molar-refractivity contribution in [3.05, 3.63) is 77.8 Å². The van der Waals surface area contributed by atoms with Crippen molar-refractivity contribution in [2.75, 3.05) is 0 Å². The van der Waals surface area contributed by atoms with E-state index in [9.17, 15) is 9.18 Å². The molecule has 6 nitrogen and oxygen atoms in total. The van der Waals surface area contributed by atoms with E-state index in [2.05, 4.69) is 15.2 Å². The summed E-state index contributed by atoms with van der Waals surface area (Å²) in [7, 11) is 0. The first-order valence-corrected chi connectivity index (χ1v) is 7.75. The van der Waals surface area contributed by atoms with Crippen LogP contribution in [0.3, 0.4) is 0 Å². The van der Waals surface area contributed by atoms with E-state index in [-0.39, 0.29) is 12.2 Å². The monoisotopic (exact) mass is 335 g/mol. The van der Waals surface area contributed by atoms with Crippen molar-refractivity contribution in [2.24, 2.45) is 0 Å². The van der Waals surface area contributed by atoms with Crippen LogP contribution in [0.1, 0.15) is 21.7 Å². The van der Waals surface area contributed by atoms with Crippen LogP contribution in [0.15, 0.2) is 55.0 Å². The molecule has 0 unspecified atom stereocenters. The van der Waals surface area contributed by atoms with Crippen LogP contribution in [-0.4, -0.2) is 30.2 Å². The lowest BCUT2D eigenvalue weighted by molar-refractivity contribution is 0.0992. The summed E-state index contributed by atoms with van der Waals surface area (Å²) in [4.78, 5) is 16.9. The molecule has 0 amide bonds. The van der Waals surface area contributed by atoms with Gasteiger partial charge in [-0.2, -0.15) is 10.2 Å². The molecule has 0 saturated heterocycles. The molecule has 0 aliphatic rings. The summed E-state index contributed by atoms with van der Waals surface area (Å²) in [6, 6.07) is 9.87. The molecule has 1 aromatic carbocycles. The number of ketones is 1. The maximum atomic E-state index is 14.1. The van der Waals surface area contributed by atoms with Crippen molar-refractivity contribution in [2.45, 2.75) is 13.3 Å². The molecule has 0 aliphatic heterocycles. The third kappa shape index (κ3) is 2.69. The van der Waals surface area contributed by atoms with Crippen LogP contribution in [0.25, 0.3) is 11.3 Å². The SMILES string of the molecule is Cc1cc(CC(=O)c2cnn3cccnc23)n(-c2ccccc2F)n1. The van der Waals surface area contributed by atoms with Crippen LogP contribution in [0.2, 0.25) is 0 Å². The Balaban J connectivity index is 1.72. The first-order valence-electron chi connectivity index (χ1n) is 7.75. The van der Waals surface area contributed by atoms with Gasteiger partial charge in [0.2, 0.25) is 0 Å². The number of rotatable bonds is 4. The van der Waals surface area contributed by atoms with E-state index in [1.807, 2.05) is 6.92 Å². The number of para-hydroxylation sites is 1. The molecular weight excluding hydrogens is 321 g/mol. The Hall–Kier alpha value is -3.35. The second-order valence-electron chi connectivity index (χ2n) is 5.69. The van der Waals surface area contributed by atoms with E-state index < -0.39 is 5.82 Å². The van der Waals surface area contributed by atoms with Crippen LogP contribution in [-0.2, 0) is 6.42 Å². The molecule has 124 valence electrons. The summed E-state index contributed by atoms with van der Waals surface area (Å²) in [5.41, 5.74) is 2.57. The first kappa shape index (κ1) is 15.2. The Morgan fingerprint density at radius 1 is 1.24 bits per heavy atom. The molecule has 25 heavy (non-hydrogen) atoms. The largest absolute Gasteiger partial charge is 0.294 e. The zero-order valence-corrected chi connectivity index (χ0v) is 13.4. The van der Waals surface area contributed by atoms with Crippen molar-refractivity contribution in [1.82, 2.24) is 24.4 Å². The average molecular weight is 335 g/mol. The zero-order chi connectivity index (χ0) is 17.4. The molecule has 7 heteroatoms. The van der Waals surface area contributed by atoms with E-state index in [1.165, 1.54) is 16.9 Å². The molecular formula is C18H14FN5O. The Kier molecular flexibility index (Phi) is 3.61. The Morgan fingerprint density at radius 2 is 2.08 bits per heavy atom. The molecule has 4 aromatic rings. The highest BCUT2D eigenvalue weighted by molar-refractivity contribution is 6.02. The predicted octanol–water partition coefficient (Wildman–Crippen LogP) is 2.79. The van der Waals surface area contributed by atoms with Gasteiger partial charge in [0.1, 0.15) is 11.5 Å². The lowest BCUT2D eigenvalue weighted by Gasteiger charge is -2.07. The molecule has 0 bridgehead atoms. The Labute approximate surface area is 142 Å². The van der Waals surface area contributed by atoms with Crippen LogP contribution in [0.4, 0.5) is 4.39 Å². The number of fused-ring (bicyclic) bond motifs is 1. The maximum absolute atomic E-state index is 14.1. The molecule has 0 spiro atoms. The molecule has 3 aromatic heterocycles. The lowest BCUT2D eigenvalue weighted by Crippen LogP contribution is -2.10. The van der Waals surface area contributed by atoms with Crippen molar-refractivity contribution < 1.29 is 9.18 Å². The van der Waals surface area contributed by atoms with Gasteiger partial charge in [-0.3, -0.25) is 4.79 Å². The summed E-state index contributed by atoms with van der Waals surface area (Å²) >= 11 is 0. The van der Waals surface area contributed by atoms with Gasteiger partial charge in [-0.05, 0) is 31.2 Å². The standard InChI is InChI=1S/C18H14FN5O/c1-12-9-13(24(22-12)16-6-3-2-5-15(16)19)10-17(25)14-11-21-23-8-4-7-20-18(14)23/h2-9,11H,10H2,1H3. The molecule has 0 fully saturated rings. The van der Waals surface area contributed by atoms with Gasteiger partial charge in [-0.15, -0.1) is 0 Å². The van der Waals surface area contributed by atoms with E-state index >= 15 is 0 Å². The molecule has 0 atom stereocenters. The van der Waals surface area contributed by atoms with Gasteiger partial charge in [-0.25, -0.2) is 18.6 Å².